The first-order valence-electron chi connectivity index (χ1n) is 3.25. The molecule has 0 aromatic rings. The van der Waals surface area contributed by atoms with Crippen LogP contribution in [0.3, 0.4) is 0 Å². The molecule has 4 nitrogen and oxygen atoms in total. The summed E-state index contributed by atoms with van der Waals surface area (Å²) in [5.74, 6) is -0.285. The molecule has 0 saturated heterocycles. The summed E-state index contributed by atoms with van der Waals surface area (Å²) in [6, 6.07) is -1.03. The lowest BCUT2D eigenvalue weighted by Gasteiger charge is -1.99. The van der Waals surface area contributed by atoms with E-state index in [1.165, 1.54) is 6.92 Å². The monoisotopic (exact) mass is 145 g/mol. The Balaban J connectivity index is 3.82. The number of nitro groups is 1. The van der Waals surface area contributed by atoms with E-state index in [4.69, 9.17) is 0 Å². The van der Waals surface area contributed by atoms with E-state index >= 15 is 0 Å². The Hall–Kier alpha value is -0.930. The highest BCUT2D eigenvalue weighted by Gasteiger charge is 2.21. The van der Waals surface area contributed by atoms with Gasteiger partial charge in [0.15, 0.2) is 0 Å². The van der Waals surface area contributed by atoms with Crippen LogP contribution in [0.25, 0.3) is 0 Å². The molecule has 0 heterocycles. The van der Waals surface area contributed by atoms with Crippen LogP contribution in [-0.2, 0) is 4.79 Å². The van der Waals surface area contributed by atoms with Crippen molar-refractivity contribution in [2.24, 2.45) is 0 Å². The van der Waals surface area contributed by atoms with Crippen molar-refractivity contribution < 1.29 is 9.72 Å². The second-order valence-electron chi connectivity index (χ2n) is 2.18. The van der Waals surface area contributed by atoms with E-state index in [2.05, 4.69) is 0 Å². The molecule has 58 valence electrons. The van der Waals surface area contributed by atoms with Crippen molar-refractivity contribution in [2.75, 3.05) is 0 Å². The zero-order chi connectivity index (χ0) is 8.15. The Morgan fingerprint density at radius 1 is 1.70 bits per heavy atom. The fourth-order valence-electron chi connectivity index (χ4n) is 0.573. The molecule has 0 saturated carbocycles. The minimum Gasteiger partial charge on any atom is -0.292 e. The predicted octanol–water partition coefficient (Wildman–Crippen LogP) is 1.02. The van der Waals surface area contributed by atoms with Gasteiger partial charge < -0.3 is 0 Å². The molecule has 1 unspecified atom stereocenters. The lowest BCUT2D eigenvalue weighted by atomic mass is 10.1. The van der Waals surface area contributed by atoms with Gasteiger partial charge in [0.2, 0.25) is 5.78 Å². The van der Waals surface area contributed by atoms with Crippen molar-refractivity contribution in [1.82, 2.24) is 0 Å². The van der Waals surface area contributed by atoms with E-state index in [0.717, 1.165) is 0 Å². The average Bonchev–Trinajstić information content (AvgIpc) is 1.87. The van der Waals surface area contributed by atoms with Gasteiger partial charge in [0.25, 0.3) is 6.04 Å². The molecule has 0 aromatic carbocycles. The lowest BCUT2D eigenvalue weighted by molar-refractivity contribution is -0.503. The van der Waals surface area contributed by atoms with Gasteiger partial charge in [0.1, 0.15) is 0 Å². The van der Waals surface area contributed by atoms with Crippen molar-refractivity contribution in [1.29, 1.82) is 0 Å². The van der Waals surface area contributed by atoms with Crippen LogP contribution in [0.5, 0.6) is 0 Å². The fraction of sp³-hybridized carbons (Fsp3) is 0.833. The molecule has 0 aliphatic carbocycles. The van der Waals surface area contributed by atoms with E-state index in [-0.39, 0.29) is 5.78 Å². The van der Waals surface area contributed by atoms with Gasteiger partial charge in [0, 0.05) is 18.3 Å². The number of hydrogen-bond acceptors (Lipinski definition) is 3. The van der Waals surface area contributed by atoms with Crippen LogP contribution in [0, 0.1) is 10.1 Å². The van der Waals surface area contributed by atoms with Gasteiger partial charge in [-0.25, -0.2) is 0 Å². The van der Waals surface area contributed by atoms with E-state index in [9.17, 15) is 14.9 Å². The van der Waals surface area contributed by atoms with Crippen molar-refractivity contribution in [3.05, 3.63) is 10.1 Å². The van der Waals surface area contributed by atoms with Crippen molar-refractivity contribution in [2.45, 2.75) is 32.7 Å². The third kappa shape index (κ3) is 2.57. The van der Waals surface area contributed by atoms with E-state index in [0.29, 0.717) is 12.8 Å². The summed E-state index contributed by atoms with van der Waals surface area (Å²) in [6.45, 7) is 3.14. The second kappa shape index (κ2) is 3.98. The number of rotatable bonds is 4. The van der Waals surface area contributed by atoms with Gasteiger partial charge in [0.05, 0.1) is 0 Å². The average molecular weight is 145 g/mol. The van der Waals surface area contributed by atoms with Gasteiger partial charge >= 0.3 is 0 Å². The Kier molecular flexibility index (Phi) is 3.61. The largest absolute Gasteiger partial charge is 0.292 e. The molecule has 0 aromatic heterocycles. The summed E-state index contributed by atoms with van der Waals surface area (Å²) in [5, 5.41) is 10.0. The van der Waals surface area contributed by atoms with Gasteiger partial charge in [-0.05, 0) is 6.42 Å². The van der Waals surface area contributed by atoms with Crippen LogP contribution < -0.4 is 0 Å². The summed E-state index contributed by atoms with van der Waals surface area (Å²) >= 11 is 0. The van der Waals surface area contributed by atoms with Gasteiger partial charge in [-0.15, -0.1) is 0 Å². The summed E-state index contributed by atoms with van der Waals surface area (Å²) in [4.78, 5) is 20.2. The minimum absolute atomic E-state index is 0.285. The molecule has 0 amide bonds. The molecule has 0 rings (SSSR count). The first-order valence-corrected chi connectivity index (χ1v) is 3.25. The third-order valence-electron chi connectivity index (χ3n) is 1.28. The van der Waals surface area contributed by atoms with E-state index in [1.807, 2.05) is 6.92 Å². The highest BCUT2D eigenvalue weighted by Crippen LogP contribution is 1.97. The number of carbonyl (C=O) groups is 1. The summed E-state index contributed by atoms with van der Waals surface area (Å²) in [6.07, 6.45) is 0.985. The fourth-order valence-corrected chi connectivity index (χ4v) is 0.573. The number of nitrogens with zero attached hydrogens (tertiary/aromatic N) is 1. The summed E-state index contributed by atoms with van der Waals surface area (Å²) in [5.41, 5.74) is 0. The van der Waals surface area contributed by atoms with Crippen molar-refractivity contribution in [3.63, 3.8) is 0 Å². The van der Waals surface area contributed by atoms with Crippen LogP contribution in [0.2, 0.25) is 0 Å². The minimum atomic E-state index is -1.03. The number of carbonyl (C=O) groups excluding carboxylic acids is 1. The molecule has 0 N–H and O–H groups in total. The molecule has 0 spiro atoms. The predicted molar refractivity (Wildman–Crippen MR) is 36.4 cm³/mol. The van der Waals surface area contributed by atoms with Crippen LogP contribution in [0.4, 0.5) is 0 Å². The molecule has 0 aliphatic heterocycles. The lowest BCUT2D eigenvalue weighted by Crippen LogP contribution is -2.25. The standard InChI is InChI=1S/C6H11NO3/c1-3-4-6(8)5(2)7(9)10/h5H,3-4H2,1-2H3. The molecular weight excluding hydrogens is 134 g/mol. The first kappa shape index (κ1) is 9.07. The molecule has 0 aliphatic rings. The Morgan fingerprint density at radius 3 is 2.50 bits per heavy atom. The Bertz CT molecular complexity index is 144. The molecule has 4 heteroatoms. The molecule has 1 atom stereocenters. The molecule has 0 bridgehead atoms. The van der Waals surface area contributed by atoms with Crippen molar-refractivity contribution in [3.8, 4) is 0 Å². The molecular formula is C6H11NO3. The number of hydrogen-bond donors (Lipinski definition) is 0. The van der Waals surface area contributed by atoms with Gasteiger partial charge in [-0.3, -0.25) is 14.9 Å². The highest BCUT2D eigenvalue weighted by molar-refractivity contribution is 5.82. The normalized spacial score (nSPS) is 12.6. The van der Waals surface area contributed by atoms with Gasteiger partial charge in [-0.2, -0.15) is 0 Å². The quantitative estimate of drug-likeness (QED) is 0.438. The van der Waals surface area contributed by atoms with Crippen LogP contribution in [0.15, 0.2) is 0 Å². The zero-order valence-corrected chi connectivity index (χ0v) is 6.16. The molecule has 10 heavy (non-hydrogen) atoms. The number of ketones is 1. The smallest absolute Gasteiger partial charge is 0.267 e. The Morgan fingerprint density at radius 2 is 2.20 bits per heavy atom. The third-order valence-corrected chi connectivity index (χ3v) is 1.28. The van der Waals surface area contributed by atoms with E-state index < -0.39 is 11.0 Å². The SMILES string of the molecule is CCCC(=O)C(C)[N+](=O)[O-]. The summed E-state index contributed by atoms with van der Waals surface area (Å²) < 4.78 is 0. The van der Waals surface area contributed by atoms with Crippen molar-refractivity contribution >= 4 is 5.78 Å². The topological polar surface area (TPSA) is 60.2 Å². The maximum absolute atomic E-state index is 10.7. The van der Waals surface area contributed by atoms with Crippen LogP contribution in [-0.4, -0.2) is 16.7 Å². The van der Waals surface area contributed by atoms with Crippen LogP contribution in [0.1, 0.15) is 26.7 Å². The molecule has 0 fully saturated rings. The molecule has 0 radical (unpaired) electrons. The Labute approximate surface area is 59.4 Å². The maximum atomic E-state index is 10.7. The van der Waals surface area contributed by atoms with Gasteiger partial charge in [-0.1, -0.05) is 6.92 Å². The summed E-state index contributed by atoms with van der Waals surface area (Å²) in [7, 11) is 0. The first-order chi connectivity index (χ1) is 4.59. The number of Topliss-reactive ketones (excluding diaryl/α,β-unsaturated/α-hetero) is 1. The highest BCUT2D eigenvalue weighted by atomic mass is 16.6. The maximum Gasteiger partial charge on any atom is 0.267 e. The van der Waals surface area contributed by atoms with Crippen LogP contribution >= 0.6 is 0 Å². The van der Waals surface area contributed by atoms with E-state index in [1.54, 1.807) is 0 Å². The zero-order valence-electron chi connectivity index (χ0n) is 6.16. The second-order valence-corrected chi connectivity index (χ2v) is 2.18.